The van der Waals surface area contributed by atoms with Crippen molar-refractivity contribution in [3.05, 3.63) is 29.6 Å². The first-order valence-electron chi connectivity index (χ1n) is 8.06. The fourth-order valence-corrected chi connectivity index (χ4v) is 3.89. The maximum absolute atomic E-state index is 13.6. The van der Waals surface area contributed by atoms with E-state index in [0.717, 1.165) is 18.9 Å². The van der Waals surface area contributed by atoms with E-state index in [9.17, 15) is 24.5 Å². The Kier molecular flexibility index (Phi) is 4.71. The van der Waals surface area contributed by atoms with Gasteiger partial charge in [-0.15, -0.1) is 0 Å². The highest BCUT2D eigenvalue weighted by Gasteiger charge is 2.54. The summed E-state index contributed by atoms with van der Waals surface area (Å²) < 4.78 is 13.6. The quantitative estimate of drug-likeness (QED) is 0.775. The largest absolute Gasteiger partial charge is 0.508 e. The third kappa shape index (κ3) is 2.94. The monoisotopic (exact) mass is 324 g/mol. The molecule has 0 amide bonds. The minimum absolute atomic E-state index is 0.0950. The molecule has 2 rings (SSSR count). The number of carboxylic acid groups (broad SMARTS) is 1. The van der Waals surface area contributed by atoms with E-state index in [-0.39, 0.29) is 11.7 Å². The van der Waals surface area contributed by atoms with Gasteiger partial charge in [-0.25, -0.2) is 9.18 Å². The van der Waals surface area contributed by atoms with E-state index >= 15 is 0 Å². The van der Waals surface area contributed by atoms with E-state index in [2.05, 4.69) is 0 Å². The Bertz CT molecular complexity index is 593. The normalized spacial score (nSPS) is 20.2. The summed E-state index contributed by atoms with van der Waals surface area (Å²) in [7, 11) is 0. The highest BCUT2D eigenvalue weighted by atomic mass is 19.1. The lowest BCUT2D eigenvalue weighted by Gasteiger charge is -2.44. The number of carboxylic acids is 1. The molecule has 1 aromatic rings. The van der Waals surface area contributed by atoms with E-state index in [1.54, 1.807) is 20.8 Å². The Labute approximate surface area is 136 Å². The van der Waals surface area contributed by atoms with Gasteiger partial charge in [0.15, 0.2) is 5.60 Å². The summed E-state index contributed by atoms with van der Waals surface area (Å²) in [6.07, 6.45) is 3.13. The van der Waals surface area contributed by atoms with E-state index in [1.807, 2.05) is 0 Å². The van der Waals surface area contributed by atoms with Crippen LogP contribution in [-0.2, 0) is 10.2 Å². The Morgan fingerprint density at radius 1 is 1.30 bits per heavy atom. The van der Waals surface area contributed by atoms with Gasteiger partial charge >= 0.3 is 5.97 Å². The van der Waals surface area contributed by atoms with Crippen molar-refractivity contribution in [1.29, 1.82) is 0 Å². The highest BCUT2D eigenvalue weighted by Crippen LogP contribution is 2.47. The maximum atomic E-state index is 13.6. The molecule has 3 N–H and O–H groups in total. The van der Waals surface area contributed by atoms with Crippen molar-refractivity contribution in [1.82, 2.24) is 0 Å². The minimum Gasteiger partial charge on any atom is -0.508 e. The molecular weight excluding hydrogens is 299 g/mol. The zero-order chi connectivity index (χ0) is 17.4. The molecule has 0 saturated heterocycles. The number of hydrogen-bond donors (Lipinski definition) is 3. The fourth-order valence-electron chi connectivity index (χ4n) is 3.89. The molecular formula is C18H25FO4. The van der Waals surface area contributed by atoms with Crippen LogP contribution >= 0.6 is 0 Å². The van der Waals surface area contributed by atoms with Crippen LogP contribution in [0.25, 0.3) is 0 Å². The molecule has 23 heavy (non-hydrogen) atoms. The van der Waals surface area contributed by atoms with Crippen molar-refractivity contribution in [2.75, 3.05) is 0 Å². The first kappa shape index (κ1) is 17.7. The van der Waals surface area contributed by atoms with Crippen molar-refractivity contribution in [2.45, 2.75) is 57.5 Å². The van der Waals surface area contributed by atoms with Gasteiger partial charge in [0.05, 0.1) is 0 Å². The molecule has 2 unspecified atom stereocenters. The molecule has 1 aromatic carbocycles. The standard InChI is InChI=1S/C18H25FO4/c1-11(18(23,16(21)22)12-6-4-5-7-12)17(2,3)14-10-13(19)8-9-15(14)20/h8-12,20,23H,4-7H2,1-3H3,(H,21,22). The van der Waals surface area contributed by atoms with E-state index in [1.165, 1.54) is 12.1 Å². The summed E-state index contributed by atoms with van der Waals surface area (Å²) in [5.41, 5.74) is -2.51. The molecule has 5 heteroatoms. The van der Waals surface area contributed by atoms with Gasteiger partial charge in [-0.05, 0) is 42.4 Å². The molecule has 0 radical (unpaired) electrons. The van der Waals surface area contributed by atoms with E-state index in [4.69, 9.17) is 0 Å². The molecule has 0 aromatic heterocycles. The number of phenolic OH excluding ortho intramolecular Hbond substituents is 1. The second kappa shape index (κ2) is 6.11. The van der Waals surface area contributed by atoms with Crippen LogP contribution in [0.1, 0.15) is 52.0 Å². The van der Waals surface area contributed by atoms with Crippen LogP contribution < -0.4 is 0 Å². The van der Waals surface area contributed by atoms with Crippen LogP contribution in [0, 0.1) is 17.7 Å². The molecule has 1 aliphatic rings. The summed E-state index contributed by atoms with van der Waals surface area (Å²) in [6.45, 7) is 5.13. The van der Waals surface area contributed by atoms with Crippen LogP contribution in [-0.4, -0.2) is 26.9 Å². The molecule has 1 aliphatic carbocycles. The van der Waals surface area contributed by atoms with E-state index in [0.29, 0.717) is 18.4 Å². The second-order valence-electron chi connectivity index (χ2n) is 7.22. The predicted octanol–water partition coefficient (Wildman–Crippen LogP) is 3.45. The van der Waals surface area contributed by atoms with Crippen LogP contribution in [0.15, 0.2) is 18.2 Å². The lowest BCUT2D eigenvalue weighted by Crippen LogP contribution is -2.56. The van der Waals surface area contributed by atoms with E-state index < -0.39 is 28.7 Å². The van der Waals surface area contributed by atoms with Crippen molar-refractivity contribution < 1.29 is 24.5 Å². The summed E-state index contributed by atoms with van der Waals surface area (Å²) in [4.78, 5) is 11.9. The van der Waals surface area contributed by atoms with Gasteiger partial charge < -0.3 is 15.3 Å². The summed E-state index contributed by atoms with van der Waals surface area (Å²) in [5, 5.41) is 30.8. The Balaban J connectivity index is 2.47. The first-order valence-corrected chi connectivity index (χ1v) is 8.06. The van der Waals surface area contributed by atoms with Gasteiger partial charge in [0, 0.05) is 11.5 Å². The number of hydrogen-bond acceptors (Lipinski definition) is 3. The SMILES string of the molecule is CC(C(C)(C)c1cc(F)ccc1O)C(O)(C(=O)O)C1CCCC1. The van der Waals surface area contributed by atoms with Crippen molar-refractivity contribution in [3.8, 4) is 5.75 Å². The molecule has 128 valence electrons. The number of carbonyl (C=O) groups is 1. The molecule has 0 heterocycles. The molecule has 1 saturated carbocycles. The molecule has 0 bridgehead atoms. The summed E-state index contributed by atoms with van der Waals surface area (Å²) >= 11 is 0. The number of phenols is 1. The lowest BCUT2D eigenvalue weighted by atomic mass is 9.62. The van der Waals surface area contributed by atoms with Gasteiger partial charge in [-0.1, -0.05) is 33.6 Å². The zero-order valence-corrected chi connectivity index (χ0v) is 13.8. The molecule has 0 spiro atoms. The molecule has 4 nitrogen and oxygen atoms in total. The number of aliphatic hydroxyl groups is 1. The van der Waals surface area contributed by atoms with Crippen LogP contribution in [0.4, 0.5) is 4.39 Å². The smallest absolute Gasteiger partial charge is 0.336 e. The number of halogens is 1. The maximum Gasteiger partial charge on any atom is 0.336 e. The van der Waals surface area contributed by atoms with Gasteiger partial charge in [-0.3, -0.25) is 0 Å². The second-order valence-corrected chi connectivity index (χ2v) is 7.22. The van der Waals surface area contributed by atoms with Crippen LogP contribution in [0.2, 0.25) is 0 Å². The van der Waals surface area contributed by atoms with Crippen molar-refractivity contribution in [3.63, 3.8) is 0 Å². The Hall–Kier alpha value is -1.62. The Morgan fingerprint density at radius 2 is 1.87 bits per heavy atom. The number of aromatic hydroxyl groups is 1. The Morgan fingerprint density at radius 3 is 2.39 bits per heavy atom. The van der Waals surface area contributed by atoms with Crippen molar-refractivity contribution in [2.24, 2.45) is 11.8 Å². The fraction of sp³-hybridized carbons (Fsp3) is 0.611. The van der Waals surface area contributed by atoms with Crippen LogP contribution in [0.3, 0.4) is 0 Å². The summed E-state index contributed by atoms with van der Waals surface area (Å²) in [6, 6.07) is 3.62. The average Bonchev–Trinajstić information content (AvgIpc) is 3.02. The van der Waals surface area contributed by atoms with Gasteiger partial charge in [-0.2, -0.15) is 0 Å². The number of aliphatic carboxylic acids is 1. The number of benzene rings is 1. The molecule has 1 fully saturated rings. The van der Waals surface area contributed by atoms with Crippen molar-refractivity contribution >= 4 is 5.97 Å². The number of rotatable bonds is 5. The average molecular weight is 324 g/mol. The topological polar surface area (TPSA) is 77.8 Å². The molecule has 0 aliphatic heterocycles. The summed E-state index contributed by atoms with van der Waals surface area (Å²) in [5.74, 6) is -2.88. The van der Waals surface area contributed by atoms with Gasteiger partial charge in [0.1, 0.15) is 11.6 Å². The highest BCUT2D eigenvalue weighted by molar-refractivity contribution is 5.78. The predicted molar refractivity (Wildman–Crippen MR) is 84.8 cm³/mol. The van der Waals surface area contributed by atoms with Gasteiger partial charge in [0.2, 0.25) is 0 Å². The van der Waals surface area contributed by atoms with Gasteiger partial charge in [0.25, 0.3) is 0 Å². The van der Waals surface area contributed by atoms with Crippen LogP contribution in [0.5, 0.6) is 5.75 Å². The zero-order valence-electron chi connectivity index (χ0n) is 13.8. The lowest BCUT2D eigenvalue weighted by molar-refractivity contribution is -0.176. The molecule has 2 atom stereocenters. The first-order chi connectivity index (χ1) is 10.6. The third-order valence-corrected chi connectivity index (χ3v) is 5.72. The minimum atomic E-state index is -1.90. The third-order valence-electron chi connectivity index (χ3n) is 5.72.